The molecule has 35 heavy (non-hydrogen) atoms. The summed E-state index contributed by atoms with van der Waals surface area (Å²) in [5.41, 5.74) is 3.11. The van der Waals surface area contributed by atoms with Crippen LogP contribution >= 0.6 is 22.9 Å². The van der Waals surface area contributed by atoms with E-state index < -0.39 is 5.60 Å². The van der Waals surface area contributed by atoms with Crippen LogP contribution in [-0.4, -0.2) is 57.7 Å². The average Bonchev–Trinajstić information content (AvgIpc) is 3.37. The maximum atomic E-state index is 12.5. The van der Waals surface area contributed by atoms with Crippen LogP contribution in [0.3, 0.4) is 0 Å². The van der Waals surface area contributed by atoms with Crippen molar-refractivity contribution in [2.24, 2.45) is 0 Å². The number of thiazole rings is 1. The van der Waals surface area contributed by atoms with Gasteiger partial charge in [0.1, 0.15) is 10.6 Å². The highest BCUT2D eigenvalue weighted by atomic mass is 35.5. The monoisotopic (exact) mass is 507 g/mol. The maximum Gasteiger partial charge on any atom is 0.410 e. The van der Waals surface area contributed by atoms with Crippen molar-refractivity contribution in [1.82, 2.24) is 19.9 Å². The molecule has 0 unspecified atom stereocenters. The molecule has 7 nitrogen and oxygen atoms in total. The van der Waals surface area contributed by atoms with Gasteiger partial charge in [-0.15, -0.1) is 11.3 Å². The molecule has 1 aliphatic heterocycles. The van der Waals surface area contributed by atoms with Crippen LogP contribution in [0, 0.1) is 0 Å². The van der Waals surface area contributed by atoms with Crippen LogP contribution in [-0.2, 0) is 4.74 Å². The van der Waals surface area contributed by atoms with Gasteiger partial charge in [0.15, 0.2) is 0 Å². The summed E-state index contributed by atoms with van der Waals surface area (Å²) >= 11 is 7.96. The van der Waals surface area contributed by atoms with Crippen molar-refractivity contribution < 1.29 is 9.53 Å². The predicted octanol–water partition coefficient (Wildman–Crippen LogP) is 6.13. The molecular weight excluding hydrogens is 482 g/mol. The smallest absolute Gasteiger partial charge is 0.410 e. The predicted molar refractivity (Wildman–Crippen MR) is 141 cm³/mol. The number of piperazine rings is 1. The second kappa shape index (κ2) is 9.43. The van der Waals surface area contributed by atoms with Gasteiger partial charge in [0.05, 0.1) is 11.2 Å². The van der Waals surface area contributed by atoms with E-state index >= 15 is 0 Å². The van der Waals surface area contributed by atoms with Gasteiger partial charge in [0, 0.05) is 59.3 Å². The lowest BCUT2D eigenvalue weighted by Crippen LogP contribution is -2.50. The average molecular weight is 508 g/mol. The third kappa shape index (κ3) is 5.09. The lowest BCUT2D eigenvalue weighted by molar-refractivity contribution is 0.0240. The zero-order chi connectivity index (χ0) is 24.6. The number of hydrogen-bond donors (Lipinski definition) is 0. The Kier molecular flexibility index (Phi) is 6.34. The van der Waals surface area contributed by atoms with E-state index in [0.29, 0.717) is 37.1 Å². The van der Waals surface area contributed by atoms with E-state index in [0.717, 1.165) is 32.7 Å². The Morgan fingerprint density at radius 3 is 2.46 bits per heavy atom. The van der Waals surface area contributed by atoms with E-state index in [1.165, 1.54) is 0 Å². The number of rotatable bonds is 3. The van der Waals surface area contributed by atoms with Gasteiger partial charge in [-0.1, -0.05) is 35.9 Å². The quantitative estimate of drug-likeness (QED) is 0.332. The van der Waals surface area contributed by atoms with Crippen molar-refractivity contribution in [2.45, 2.75) is 26.4 Å². The number of aromatic nitrogens is 3. The summed E-state index contributed by atoms with van der Waals surface area (Å²) in [4.78, 5) is 30.8. The minimum atomic E-state index is -0.517. The van der Waals surface area contributed by atoms with Gasteiger partial charge in [0.2, 0.25) is 5.95 Å². The molecule has 1 fully saturated rings. The molecule has 1 saturated heterocycles. The molecule has 1 aliphatic rings. The number of benzene rings is 2. The lowest BCUT2D eigenvalue weighted by atomic mass is 10.0. The van der Waals surface area contributed by atoms with Gasteiger partial charge in [0.25, 0.3) is 0 Å². The molecule has 0 saturated carbocycles. The topological polar surface area (TPSA) is 71.5 Å². The van der Waals surface area contributed by atoms with Crippen LogP contribution < -0.4 is 4.90 Å². The number of halogens is 1. The van der Waals surface area contributed by atoms with Gasteiger partial charge in [-0.3, -0.25) is 0 Å². The van der Waals surface area contributed by atoms with Crippen LogP contribution in [0.4, 0.5) is 10.7 Å². The van der Waals surface area contributed by atoms with E-state index in [9.17, 15) is 4.79 Å². The standard InChI is InChI=1S/C26H26ClN5O2S/c1-26(2,3)34-25(33)32-13-11-31(12-14-32)24-29-21-9-8-17(27)16-20(21)22(30-24)18-6-4-5-7-19(18)23-28-10-15-35-23/h4-10,15-16H,11-14H2,1-3H3. The molecule has 0 spiro atoms. The molecule has 3 heterocycles. The third-order valence-electron chi connectivity index (χ3n) is 5.71. The molecule has 1 amide bonds. The van der Waals surface area contributed by atoms with Crippen molar-refractivity contribution >= 4 is 45.9 Å². The minimum absolute atomic E-state index is 0.288. The molecule has 0 N–H and O–H groups in total. The molecule has 2 aromatic heterocycles. The molecule has 180 valence electrons. The maximum absolute atomic E-state index is 12.5. The summed E-state index contributed by atoms with van der Waals surface area (Å²) in [7, 11) is 0. The second-order valence-corrected chi connectivity index (χ2v) is 10.7. The number of carbonyl (C=O) groups is 1. The van der Waals surface area contributed by atoms with Crippen LogP contribution in [0.5, 0.6) is 0 Å². The van der Waals surface area contributed by atoms with Gasteiger partial charge >= 0.3 is 6.09 Å². The fourth-order valence-electron chi connectivity index (χ4n) is 4.08. The van der Waals surface area contributed by atoms with Gasteiger partial charge in [-0.25, -0.2) is 19.7 Å². The Hall–Kier alpha value is -3.23. The summed E-state index contributed by atoms with van der Waals surface area (Å²) in [6.45, 7) is 7.95. The van der Waals surface area contributed by atoms with Gasteiger partial charge in [-0.2, -0.15) is 0 Å². The van der Waals surface area contributed by atoms with Gasteiger partial charge < -0.3 is 14.5 Å². The highest BCUT2D eigenvalue weighted by Gasteiger charge is 2.27. The van der Waals surface area contributed by atoms with E-state index in [-0.39, 0.29) is 6.09 Å². The molecule has 4 aromatic rings. The number of ether oxygens (including phenoxy) is 1. The Bertz CT molecular complexity index is 1360. The van der Waals surface area contributed by atoms with Crippen LogP contribution in [0.15, 0.2) is 54.0 Å². The normalized spacial score (nSPS) is 14.4. The Labute approximate surface area is 213 Å². The molecule has 2 aromatic carbocycles. The van der Waals surface area contributed by atoms with Crippen molar-refractivity contribution in [3.63, 3.8) is 0 Å². The summed E-state index contributed by atoms with van der Waals surface area (Å²) in [5, 5.41) is 4.42. The number of fused-ring (bicyclic) bond motifs is 1. The van der Waals surface area contributed by atoms with Gasteiger partial charge in [-0.05, 0) is 39.0 Å². The zero-order valence-corrected chi connectivity index (χ0v) is 21.4. The zero-order valence-electron chi connectivity index (χ0n) is 19.9. The number of carbonyl (C=O) groups excluding carboxylic acids is 1. The minimum Gasteiger partial charge on any atom is -0.444 e. The third-order valence-corrected chi connectivity index (χ3v) is 6.75. The van der Waals surface area contributed by atoms with Crippen LogP contribution in [0.25, 0.3) is 32.7 Å². The summed E-state index contributed by atoms with van der Waals surface area (Å²) in [6, 6.07) is 13.8. The molecule has 9 heteroatoms. The fraction of sp³-hybridized carbons (Fsp3) is 0.308. The van der Waals surface area contributed by atoms with E-state index in [4.69, 9.17) is 26.3 Å². The number of amides is 1. The number of hydrogen-bond acceptors (Lipinski definition) is 7. The molecule has 0 atom stereocenters. The molecular formula is C26H26ClN5O2S. The molecule has 5 rings (SSSR count). The second-order valence-electron chi connectivity index (χ2n) is 9.37. The van der Waals surface area contributed by atoms with Crippen molar-refractivity contribution in [3.05, 3.63) is 59.1 Å². The first-order valence-electron chi connectivity index (χ1n) is 11.5. The summed E-state index contributed by atoms with van der Waals surface area (Å²) < 4.78 is 5.53. The Morgan fingerprint density at radius 2 is 1.77 bits per heavy atom. The summed E-state index contributed by atoms with van der Waals surface area (Å²) in [6.07, 6.45) is 1.52. The Balaban J connectivity index is 1.51. The van der Waals surface area contributed by atoms with E-state index in [1.54, 1.807) is 22.4 Å². The SMILES string of the molecule is CC(C)(C)OC(=O)N1CCN(c2nc(-c3ccccc3-c3nccs3)c3cc(Cl)ccc3n2)CC1. The lowest BCUT2D eigenvalue weighted by Gasteiger charge is -2.35. The number of anilines is 1. The van der Waals surface area contributed by atoms with Crippen molar-refractivity contribution in [2.75, 3.05) is 31.1 Å². The fourth-order valence-corrected chi connectivity index (χ4v) is 4.93. The molecule has 0 bridgehead atoms. The van der Waals surface area contributed by atoms with Crippen LogP contribution in [0.1, 0.15) is 20.8 Å². The van der Waals surface area contributed by atoms with E-state index in [2.05, 4.69) is 22.0 Å². The Morgan fingerprint density at radius 1 is 1.03 bits per heavy atom. The van der Waals surface area contributed by atoms with Crippen LogP contribution in [0.2, 0.25) is 5.02 Å². The number of nitrogens with zero attached hydrogens (tertiary/aromatic N) is 5. The largest absolute Gasteiger partial charge is 0.444 e. The highest BCUT2D eigenvalue weighted by Crippen LogP contribution is 2.37. The first-order chi connectivity index (χ1) is 16.8. The summed E-state index contributed by atoms with van der Waals surface area (Å²) in [5.74, 6) is 0.632. The van der Waals surface area contributed by atoms with E-state index in [1.807, 2.05) is 56.5 Å². The highest BCUT2D eigenvalue weighted by molar-refractivity contribution is 7.13. The van der Waals surface area contributed by atoms with Crippen molar-refractivity contribution in [3.8, 4) is 21.8 Å². The van der Waals surface area contributed by atoms with Crippen molar-refractivity contribution in [1.29, 1.82) is 0 Å². The first kappa shape index (κ1) is 23.5. The first-order valence-corrected chi connectivity index (χ1v) is 12.7. The molecule has 0 radical (unpaired) electrons. The molecule has 0 aliphatic carbocycles.